The molecule has 2 amide bonds. The van der Waals surface area contributed by atoms with E-state index in [0.717, 1.165) is 0 Å². The molecule has 0 aliphatic carbocycles. The number of hydrogen-bond donors (Lipinski definition) is 0. The van der Waals surface area contributed by atoms with Crippen LogP contribution < -0.4 is 0 Å². The molecular weight excluding hydrogens is 254 g/mol. The highest BCUT2D eigenvalue weighted by molar-refractivity contribution is 5.96. The van der Waals surface area contributed by atoms with Gasteiger partial charge in [-0.25, -0.2) is 14.4 Å². The smallest absolute Gasteiger partial charge is 0.420 e. The number of nitrogens with zero attached hydrogens (tertiary/aromatic N) is 1. The first-order chi connectivity index (χ1) is 8.71. The average molecular weight is 273 g/mol. The molecule has 108 valence electrons. The van der Waals surface area contributed by atoms with Crippen LogP contribution in [0.2, 0.25) is 0 Å². The van der Waals surface area contributed by atoms with Gasteiger partial charge in [-0.3, -0.25) is 0 Å². The molecule has 0 radical (unpaired) electrons. The standard InChI is InChI=1S/C12H19NO6/c1-6-7-8(9(14)17-5)13(10(15)18-7)11(16)19-12(2,3)4/h7-8H,6H2,1-5H3/t7-,8-/m1/s1. The van der Waals surface area contributed by atoms with Crippen LogP contribution in [0.1, 0.15) is 34.1 Å². The minimum absolute atomic E-state index is 0.394. The molecule has 1 heterocycles. The van der Waals surface area contributed by atoms with Gasteiger partial charge in [-0.1, -0.05) is 6.92 Å². The first-order valence-corrected chi connectivity index (χ1v) is 6.02. The van der Waals surface area contributed by atoms with Crippen molar-refractivity contribution in [1.29, 1.82) is 0 Å². The number of imide groups is 1. The normalized spacial score (nSPS) is 23.0. The highest BCUT2D eigenvalue weighted by Crippen LogP contribution is 2.25. The van der Waals surface area contributed by atoms with Crippen molar-refractivity contribution >= 4 is 18.2 Å². The predicted molar refractivity (Wildman–Crippen MR) is 64.4 cm³/mol. The maximum Gasteiger partial charge on any atom is 0.420 e. The van der Waals surface area contributed by atoms with E-state index in [4.69, 9.17) is 9.47 Å². The molecule has 1 saturated heterocycles. The Bertz CT molecular complexity index is 386. The van der Waals surface area contributed by atoms with Crippen LogP contribution in [-0.4, -0.2) is 47.9 Å². The Balaban J connectivity index is 2.98. The van der Waals surface area contributed by atoms with Gasteiger partial charge in [-0.15, -0.1) is 0 Å². The molecule has 0 spiro atoms. The van der Waals surface area contributed by atoms with Crippen molar-refractivity contribution in [1.82, 2.24) is 4.90 Å². The van der Waals surface area contributed by atoms with E-state index in [1.165, 1.54) is 7.11 Å². The number of carbonyl (C=O) groups is 3. The summed E-state index contributed by atoms with van der Waals surface area (Å²) >= 11 is 0. The van der Waals surface area contributed by atoms with Crippen LogP contribution in [0.4, 0.5) is 9.59 Å². The maximum atomic E-state index is 12.0. The molecule has 0 unspecified atom stereocenters. The van der Waals surface area contributed by atoms with Crippen molar-refractivity contribution in [2.24, 2.45) is 0 Å². The molecule has 0 saturated carbocycles. The van der Waals surface area contributed by atoms with E-state index in [2.05, 4.69) is 4.74 Å². The summed E-state index contributed by atoms with van der Waals surface area (Å²) < 4.78 is 14.7. The van der Waals surface area contributed by atoms with Crippen LogP contribution in [-0.2, 0) is 19.0 Å². The number of carbonyl (C=O) groups excluding carboxylic acids is 3. The fraction of sp³-hybridized carbons (Fsp3) is 0.750. The van der Waals surface area contributed by atoms with Crippen molar-refractivity contribution in [2.45, 2.75) is 51.9 Å². The Kier molecular flexibility index (Phi) is 4.39. The topological polar surface area (TPSA) is 82.1 Å². The van der Waals surface area contributed by atoms with Crippen LogP contribution in [0, 0.1) is 0 Å². The number of ether oxygens (including phenoxy) is 3. The summed E-state index contributed by atoms with van der Waals surface area (Å²) in [5.74, 6) is -0.705. The number of cyclic esters (lactones) is 1. The van der Waals surface area contributed by atoms with Gasteiger partial charge in [0.1, 0.15) is 11.7 Å². The van der Waals surface area contributed by atoms with Crippen LogP contribution >= 0.6 is 0 Å². The number of hydrogen-bond acceptors (Lipinski definition) is 6. The third-order valence-electron chi connectivity index (χ3n) is 2.51. The van der Waals surface area contributed by atoms with Crippen LogP contribution in [0.25, 0.3) is 0 Å². The number of methoxy groups -OCH3 is 1. The van der Waals surface area contributed by atoms with Crippen LogP contribution in [0.15, 0.2) is 0 Å². The molecule has 2 atom stereocenters. The molecule has 0 bridgehead atoms. The van der Waals surface area contributed by atoms with E-state index in [1.807, 2.05) is 0 Å². The lowest BCUT2D eigenvalue weighted by Crippen LogP contribution is -2.48. The van der Waals surface area contributed by atoms with E-state index >= 15 is 0 Å². The molecule has 1 fully saturated rings. The van der Waals surface area contributed by atoms with Gasteiger partial charge in [0.05, 0.1) is 7.11 Å². The van der Waals surface area contributed by atoms with Crippen molar-refractivity contribution < 1.29 is 28.6 Å². The van der Waals surface area contributed by atoms with E-state index < -0.39 is 35.9 Å². The van der Waals surface area contributed by atoms with Gasteiger partial charge in [0.2, 0.25) is 0 Å². The fourth-order valence-corrected chi connectivity index (χ4v) is 1.71. The third kappa shape index (κ3) is 3.36. The molecule has 1 aliphatic rings. The molecule has 7 nitrogen and oxygen atoms in total. The summed E-state index contributed by atoms with van der Waals surface area (Å²) in [7, 11) is 1.19. The molecular formula is C12H19NO6. The lowest BCUT2D eigenvalue weighted by atomic mass is 10.1. The lowest BCUT2D eigenvalue weighted by molar-refractivity contribution is -0.146. The fourth-order valence-electron chi connectivity index (χ4n) is 1.71. The lowest BCUT2D eigenvalue weighted by Gasteiger charge is -2.25. The Morgan fingerprint density at radius 1 is 1.37 bits per heavy atom. The van der Waals surface area contributed by atoms with E-state index in [0.29, 0.717) is 11.3 Å². The summed E-state index contributed by atoms with van der Waals surface area (Å²) in [4.78, 5) is 36.0. The monoisotopic (exact) mass is 273 g/mol. The minimum atomic E-state index is -1.10. The zero-order chi connectivity index (χ0) is 14.8. The van der Waals surface area contributed by atoms with Crippen LogP contribution in [0.5, 0.6) is 0 Å². The molecule has 19 heavy (non-hydrogen) atoms. The van der Waals surface area contributed by atoms with E-state index in [-0.39, 0.29) is 0 Å². The van der Waals surface area contributed by atoms with Gasteiger partial charge < -0.3 is 14.2 Å². The summed E-state index contributed by atoms with van der Waals surface area (Å²) in [6.45, 7) is 6.73. The van der Waals surface area contributed by atoms with Crippen LogP contribution in [0.3, 0.4) is 0 Å². The zero-order valence-corrected chi connectivity index (χ0v) is 11.8. The predicted octanol–water partition coefficient (Wildman–Crippen LogP) is 1.69. The number of rotatable bonds is 2. The van der Waals surface area contributed by atoms with Crippen molar-refractivity contribution in [2.75, 3.05) is 7.11 Å². The maximum absolute atomic E-state index is 12.0. The second-order valence-electron chi connectivity index (χ2n) is 5.15. The molecule has 0 aromatic heterocycles. The Morgan fingerprint density at radius 3 is 2.37 bits per heavy atom. The molecule has 0 N–H and O–H groups in total. The average Bonchev–Trinajstić information content (AvgIpc) is 2.62. The van der Waals surface area contributed by atoms with E-state index in [1.54, 1.807) is 27.7 Å². The van der Waals surface area contributed by atoms with Crippen molar-refractivity contribution in [3.8, 4) is 0 Å². The summed E-state index contributed by atoms with van der Waals surface area (Å²) in [5.41, 5.74) is -0.775. The first kappa shape index (κ1) is 15.3. The molecule has 1 rings (SSSR count). The van der Waals surface area contributed by atoms with Gasteiger partial charge >= 0.3 is 18.2 Å². The van der Waals surface area contributed by atoms with Gasteiger partial charge in [0.25, 0.3) is 0 Å². The quantitative estimate of drug-likeness (QED) is 0.562. The molecule has 0 aromatic carbocycles. The zero-order valence-electron chi connectivity index (χ0n) is 11.8. The van der Waals surface area contributed by atoms with Gasteiger partial charge in [-0.05, 0) is 27.2 Å². The third-order valence-corrected chi connectivity index (χ3v) is 2.51. The van der Waals surface area contributed by atoms with Gasteiger partial charge in [0, 0.05) is 0 Å². The highest BCUT2D eigenvalue weighted by Gasteiger charge is 2.51. The summed E-state index contributed by atoms with van der Waals surface area (Å²) in [6, 6.07) is -1.10. The van der Waals surface area contributed by atoms with Gasteiger partial charge in [-0.2, -0.15) is 4.90 Å². The number of esters is 1. The Morgan fingerprint density at radius 2 is 1.95 bits per heavy atom. The Hall–Kier alpha value is -1.79. The second kappa shape index (κ2) is 5.46. The van der Waals surface area contributed by atoms with Crippen molar-refractivity contribution in [3.05, 3.63) is 0 Å². The highest BCUT2D eigenvalue weighted by atomic mass is 16.6. The van der Waals surface area contributed by atoms with Crippen molar-refractivity contribution in [3.63, 3.8) is 0 Å². The van der Waals surface area contributed by atoms with E-state index in [9.17, 15) is 14.4 Å². The van der Waals surface area contributed by atoms with Gasteiger partial charge in [0.15, 0.2) is 6.04 Å². The second-order valence-corrected chi connectivity index (χ2v) is 5.15. The summed E-state index contributed by atoms with van der Waals surface area (Å²) in [6.07, 6.45) is -2.13. The molecule has 1 aliphatic heterocycles. The largest absolute Gasteiger partial charge is 0.467 e. The number of amides is 2. The molecule has 7 heteroatoms. The Labute approximate surface area is 111 Å². The molecule has 0 aromatic rings. The first-order valence-electron chi connectivity index (χ1n) is 6.02. The summed E-state index contributed by atoms with van der Waals surface area (Å²) in [5, 5.41) is 0. The minimum Gasteiger partial charge on any atom is -0.467 e. The SMILES string of the molecule is CC[C@H]1OC(=O)N(C(=O)OC(C)(C)C)[C@H]1C(=O)OC.